The number of anilines is 1. The number of aryl methyl sites for hydroxylation is 1. The van der Waals surface area contributed by atoms with Gasteiger partial charge in [-0.3, -0.25) is 0 Å². The fourth-order valence-corrected chi connectivity index (χ4v) is 3.33. The van der Waals surface area contributed by atoms with E-state index in [-0.39, 0.29) is 0 Å². The molecule has 2 aromatic carbocycles. The van der Waals surface area contributed by atoms with Gasteiger partial charge < -0.3 is 5.32 Å². The highest BCUT2D eigenvalue weighted by atomic mass is 35.5. The van der Waals surface area contributed by atoms with Gasteiger partial charge in [0.25, 0.3) is 0 Å². The maximum absolute atomic E-state index is 5.94. The van der Waals surface area contributed by atoms with Gasteiger partial charge >= 0.3 is 0 Å². The second-order valence-corrected chi connectivity index (χ2v) is 6.46. The van der Waals surface area contributed by atoms with Gasteiger partial charge in [-0.2, -0.15) is 0 Å². The maximum atomic E-state index is 5.94. The molecule has 1 atom stereocenters. The topological polar surface area (TPSA) is 12.0 Å². The minimum Gasteiger partial charge on any atom is -0.382 e. The molecule has 2 aromatic rings. The standard InChI is InChI=1S/C19H22ClN/c1-14(13-15-9-11-17(20)12-10-15)21-19-8-4-6-16-5-2-3-7-18(16)19/h4,6,8-12,14,21H,2-3,5,7,13H2,1H3. The predicted molar refractivity (Wildman–Crippen MR) is 91.3 cm³/mol. The molecule has 0 amide bonds. The molecule has 0 aromatic heterocycles. The summed E-state index contributed by atoms with van der Waals surface area (Å²) in [6, 6.07) is 15.3. The number of hydrogen-bond acceptors (Lipinski definition) is 1. The van der Waals surface area contributed by atoms with Crippen molar-refractivity contribution in [2.45, 2.75) is 45.1 Å². The van der Waals surface area contributed by atoms with E-state index in [4.69, 9.17) is 11.6 Å². The Hall–Kier alpha value is -1.47. The first-order chi connectivity index (χ1) is 10.2. The summed E-state index contributed by atoms with van der Waals surface area (Å²) in [7, 11) is 0. The van der Waals surface area contributed by atoms with Crippen LogP contribution >= 0.6 is 11.6 Å². The van der Waals surface area contributed by atoms with E-state index in [9.17, 15) is 0 Å². The Balaban J connectivity index is 1.70. The number of fused-ring (bicyclic) bond motifs is 1. The number of halogens is 1. The quantitative estimate of drug-likeness (QED) is 0.812. The van der Waals surface area contributed by atoms with E-state index in [2.05, 4.69) is 42.6 Å². The fraction of sp³-hybridized carbons (Fsp3) is 0.368. The monoisotopic (exact) mass is 299 g/mol. The van der Waals surface area contributed by atoms with Gasteiger partial charge in [0.15, 0.2) is 0 Å². The average Bonchev–Trinajstić information content (AvgIpc) is 2.50. The van der Waals surface area contributed by atoms with Crippen molar-refractivity contribution < 1.29 is 0 Å². The minimum absolute atomic E-state index is 0.416. The van der Waals surface area contributed by atoms with Crippen LogP contribution in [0.2, 0.25) is 5.02 Å². The first-order valence-electron chi connectivity index (χ1n) is 7.84. The molecule has 0 radical (unpaired) electrons. The molecule has 0 aliphatic heterocycles. The van der Waals surface area contributed by atoms with E-state index in [1.54, 1.807) is 0 Å². The van der Waals surface area contributed by atoms with E-state index in [0.717, 1.165) is 11.4 Å². The number of nitrogens with one attached hydrogen (secondary N) is 1. The smallest absolute Gasteiger partial charge is 0.0406 e. The molecule has 1 N–H and O–H groups in total. The zero-order valence-corrected chi connectivity index (χ0v) is 13.3. The summed E-state index contributed by atoms with van der Waals surface area (Å²) in [6.07, 6.45) is 6.11. The summed E-state index contributed by atoms with van der Waals surface area (Å²) >= 11 is 5.94. The van der Waals surface area contributed by atoms with Crippen LogP contribution in [0.4, 0.5) is 5.69 Å². The molecule has 0 saturated heterocycles. The van der Waals surface area contributed by atoms with Crippen LogP contribution in [0.25, 0.3) is 0 Å². The summed E-state index contributed by atoms with van der Waals surface area (Å²) < 4.78 is 0. The van der Waals surface area contributed by atoms with E-state index in [1.165, 1.54) is 48.1 Å². The molecule has 1 aliphatic carbocycles. The molecule has 3 rings (SSSR count). The molecule has 0 bridgehead atoms. The summed E-state index contributed by atoms with van der Waals surface area (Å²) in [5.74, 6) is 0. The van der Waals surface area contributed by atoms with Crippen molar-refractivity contribution in [3.05, 3.63) is 64.2 Å². The zero-order valence-electron chi connectivity index (χ0n) is 12.5. The molecule has 0 spiro atoms. The summed E-state index contributed by atoms with van der Waals surface area (Å²) in [5.41, 5.74) is 5.72. The molecule has 2 heteroatoms. The van der Waals surface area contributed by atoms with Crippen molar-refractivity contribution in [2.24, 2.45) is 0 Å². The van der Waals surface area contributed by atoms with E-state index < -0.39 is 0 Å². The second-order valence-electron chi connectivity index (χ2n) is 6.03. The highest BCUT2D eigenvalue weighted by Crippen LogP contribution is 2.28. The lowest BCUT2D eigenvalue weighted by Gasteiger charge is -2.23. The summed E-state index contributed by atoms with van der Waals surface area (Å²) in [4.78, 5) is 0. The Bertz CT molecular complexity index is 603. The van der Waals surface area contributed by atoms with Gasteiger partial charge in [-0.05, 0) is 73.9 Å². The van der Waals surface area contributed by atoms with Crippen molar-refractivity contribution in [1.29, 1.82) is 0 Å². The van der Waals surface area contributed by atoms with Gasteiger partial charge in [-0.1, -0.05) is 35.9 Å². The molecular formula is C19H22ClN. The van der Waals surface area contributed by atoms with Crippen LogP contribution in [0.1, 0.15) is 36.5 Å². The SMILES string of the molecule is CC(Cc1ccc(Cl)cc1)Nc1cccc2c1CCCC2. The molecule has 1 aliphatic rings. The second kappa shape index (κ2) is 6.53. The van der Waals surface area contributed by atoms with Gasteiger partial charge in [0.1, 0.15) is 0 Å². The third kappa shape index (κ3) is 3.59. The van der Waals surface area contributed by atoms with E-state index in [1.807, 2.05) is 12.1 Å². The van der Waals surface area contributed by atoms with Crippen molar-refractivity contribution in [2.75, 3.05) is 5.32 Å². The average molecular weight is 300 g/mol. The first kappa shape index (κ1) is 14.5. The highest BCUT2D eigenvalue weighted by Gasteiger charge is 2.14. The molecule has 1 unspecified atom stereocenters. The van der Waals surface area contributed by atoms with Crippen LogP contribution in [0.3, 0.4) is 0 Å². The van der Waals surface area contributed by atoms with Crippen LogP contribution < -0.4 is 5.32 Å². The van der Waals surface area contributed by atoms with Crippen molar-refractivity contribution >= 4 is 17.3 Å². The Kier molecular flexibility index (Phi) is 4.50. The predicted octanol–water partition coefficient (Wildman–Crippen LogP) is 5.26. The van der Waals surface area contributed by atoms with Gasteiger partial charge in [0.2, 0.25) is 0 Å². The van der Waals surface area contributed by atoms with Crippen molar-refractivity contribution in [1.82, 2.24) is 0 Å². The Morgan fingerprint density at radius 1 is 1.05 bits per heavy atom. The van der Waals surface area contributed by atoms with Gasteiger partial charge in [0, 0.05) is 16.8 Å². The normalized spacial score (nSPS) is 15.3. The van der Waals surface area contributed by atoms with Crippen molar-refractivity contribution in [3.8, 4) is 0 Å². The molecule has 0 fully saturated rings. The lowest BCUT2D eigenvalue weighted by atomic mass is 9.90. The van der Waals surface area contributed by atoms with Crippen LogP contribution in [0, 0.1) is 0 Å². The maximum Gasteiger partial charge on any atom is 0.0406 e. The van der Waals surface area contributed by atoms with Crippen LogP contribution in [-0.2, 0) is 19.3 Å². The van der Waals surface area contributed by atoms with Gasteiger partial charge in [-0.15, -0.1) is 0 Å². The third-order valence-electron chi connectivity index (χ3n) is 4.25. The first-order valence-corrected chi connectivity index (χ1v) is 8.22. The minimum atomic E-state index is 0.416. The van der Waals surface area contributed by atoms with Gasteiger partial charge in [0.05, 0.1) is 0 Å². The molecule has 1 nitrogen and oxygen atoms in total. The lowest BCUT2D eigenvalue weighted by molar-refractivity contribution is 0.683. The Morgan fingerprint density at radius 3 is 2.62 bits per heavy atom. The number of rotatable bonds is 4. The lowest BCUT2D eigenvalue weighted by Crippen LogP contribution is -2.20. The zero-order chi connectivity index (χ0) is 14.7. The van der Waals surface area contributed by atoms with Crippen LogP contribution in [0.15, 0.2) is 42.5 Å². The molecule has 0 saturated carbocycles. The number of hydrogen-bond donors (Lipinski definition) is 1. The van der Waals surface area contributed by atoms with Crippen LogP contribution in [-0.4, -0.2) is 6.04 Å². The highest BCUT2D eigenvalue weighted by molar-refractivity contribution is 6.30. The molecule has 110 valence electrons. The largest absolute Gasteiger partial charge is 0.382 e. The summed E-state index contributed by atoms with van der Waals surface area (Å²) in [5, 5.41) is 4.50. The van der Waals surface area contributed by atoms with E-state index in [0.29, 0.717) is 6.04 Å². The summed E-state index contributed by atoms with van der Waals surface area (Å²) in [6.45, 7) is 2.25. The van der Waals surface area contributed by atoms with Gasteiger partial charge in [-0.25, -0.2) is 0 Å². The molecule has 21 heavy (non-hydrogen) atoms. The fourth-order valence-electron chi connectivity index (χ4n) is 3.21. The Morgan fingerprint density at radius 2 is 1.81 bits per heavy atom. The Labute approximate surface area is 132 Å². The molecular weight excluding hydrogens is 278 g/mol. The van der Waals surface area contributed by atoms with E-state index >= 15 is 0 Å². The molecule has 0 heterocycles. The third-order valence-corrected chi connectivity index (χ3v) is 4.50. The van der Waals surface area contributed by atoms with Crippen LogP contribution in [0.5, 0.6) is 0 Å². The number of benzene rings is 2. The van der Waals surface area contributed by atoms with Crippen molar-refractivity contribution in [3.63, 3.8) is 0 Å².